The molecule has 0 saturated carbocycles. The monoisotopic (exact) mass is 175 g/mol. The minimum atomic E-state index is -0.126. The lowest BCUT2D eigenvalue weighted by Crippen LogP contribution is -2.40. The molecule has 0 rings (SSSR count). The molecule has 3 nitrogen and oxygen atoms in total. The summed E-state index contributed by atoms with van der Waals surface area (Å²) in [7, 11) is 1.67. The largest absolute Gasteiger partial charge is 0.382 e. The Hall–Kier alpha value is -0.120. The average Bonchev–Trinajstić information content (AvgIpc) is 2.14. The summed E-state index contributed by atoms with van der Waals surface area (Å²) in [4.78, 5) is 0. The first kappa shape index (κ1) is 11.9. The van der Waals surface area contributed by atoms with Gasteiger partial charge in [0.15, 0.2) is 0 Å². The fraction of sp³-hybridized carbons (Fsp3) is 1.00. The minimum absolute atomic E-state index is 0.126. The van der Waals surface area contributed by atoms with Crippen molar-refractivity contribution >= 4 is 0 Å². The van der Waals surface area contributed by atoms with Crippen molar-refractivity contribution in [2.75, 3.05) is 26.9 Å². The van der Waals surface area contributed by atoms with E-state index in [0.717, 1.165) is 12.8 Å². The zero-order valence-corrected chi connectivity index (χ0v) is 8.43. The molecule has 0 aromatic heterocycles. The molecule has 0 spiro atoms. The van der Waals surface area contributed by atoms with E-state index in [4.69, 9.17) is 15.2 Å². The van der Waals surface area contributed by atoms with Gasteiger partial charge in [-0.2, -0.15) is 0 Å². The van der Waals surface area contributed by atoms with Crippen LogP contribution in [0.25, 0.3) is 0 Å². The van der Waals surface area contributed by atoms with E-state index in [1.807, 2.05) is 0 Å². The molecule has 0 aromatic rings. The molecule has 0 saturated heterocycles. The molecule has 0 aromatic carbocycles. The Bertz CT molecular complexity index is 94.4. The Morgan fingerprint density at radius 3 is 2.08 bits per heavy atom. The number of nitrogens with two attached hydrogens (primary N) is 1. The van der Waals surface area contributed by atoms with Gasteiger partial charge in [-0.15, -0.1) is 0 Å². The number of hydrogen-bond acceptors (Lipinski definition) is 3. The van der Waals surface area contributed by atoms with Crippen molar-refractivity contribution in [3.05, 3.63) is 0 Å². The van der Waals surface area contributed by atoms with Gasteiger partial charge in [-0.25, -0.2) is 0 Å². The second-order valence-electron chi connectivity index (χ2n) is 2.94. The highest BCUT2D eigenvalue weighted by Crippen LogP contribution is 2.18. The molecule has 0 bridgehead atoms. The highest BCUT2D eigenvalue weighted by Gasteiger charge is 2.24. The smallest absolute Gasteiger partial charge is 0.0800 e. The van der Waals surface area contributed by atoms with Crippen molar-refractivity contribution in [1.82, 2.24) is 0 Å². The Morgan fingerprint density at radius 1 is 1.17 bits per heavy atom. The summed E-state index contributed by atoms with van der Waals surface area (Å²) in [6.07, 6.45) is 1.92. The van der Waals surface area contributed by atoms with E-state index in [1.54, 1.807) is 7.11 Å². The highest BCUT2D eigenvalue weighted by atomic mass is 16.5. The van der Waals surface area contributed by atoms with Crippen molar-refractivity contribution < 1.29 is 9.47 Å². The third kappa shape index (κ3) is 3.52. The van der Waals surface area contributed by atoms with Gasteiger partial charge < -0.3 is 15.2 Å². The fourth-order valence-electron chi connectivity index (χ4n) is 1.14. The third-order valence-corrected chi connectivity index (χ3v) is 2.36. The van der Waals surface area contributed by atoms with Gasteiger partial charge in [-0.1, -0.05) is 13.8 Å². The summed E-state index contributed by atoms with van der Waals surface area (Å²) in [5.74, 6) is 0. The average molecular weight is 175 g/mol. The first-order valence-corrected chi connectivity index (χ1v) is 4.57. The Labute approximate surface area is 75.2 Å². The molecule has 0 amide bonds. The molecule has 0 radical (unpaired) electrons. The van der Waals surface area contributed by atoms with Gasteiger partial charge in [0.05, 0.1) is 18.8 Å². The normalized spacial score (nSPS) is 12.0. The van der Waals surface area contributed by atoms with Crippen LogP contribution in [0.1, 0.15) is 26.7 Å². The van der Waals surface area contributed by atoms with E-state index < -0.39 is 0 Å². The molecular weight excluding hydrogens is 154 g/mol. The van der Waals surface area contributed by atoms with Crippen molar-refractivity contribution in [3.63, 3.8) is 0 Å². The second kappa shape index (κ2) is 6.40. The summed E-state index contributed by atoms with van der Waals surface area (Å²) in [5.41, 5.74) is 5.52. The minimum Gasteiger partial charge on any atom is -0.382 e. The third-order valence-electron chi connectivity index (χ3n) is 2.36. The van der Waals surface area contributed by atoms with Crippen molar-refractivity contribution in [1.29, 1.82) is 0 Å². The van der Waals surface area contributed by atoms with Crippen LogP contribution >= 0.6 is 0 Å². The Balaban J connectivity index is 3.76. The molecule has 0 heterocycles. The molecule has 0 aliphatic heterocycles. The summed E-state index contributed by atoms with van der Waals surface area (Å²) >= 11 is 0. The first-order valence-electron chi connectivity index (χ1n) is 4.57. The molecule has 3 heteroatoms. The highest BCUT2D eigenvalue weighted by molar-refractivity contribution is 4.78. The van der Waals surface area contributed by atoms with E-state index >= 15 is 0 Å². The molecule has 2 N–H and O–H groups in total. The van der Waals surface area contributed by atoms with Crippen LogP contribution in [-0.2, 0) is 9.47 Å². The number of ether oxygens (including phenoxy) is 2. The summed E-state index contributed by atoms with van der Waals surface area (Å²) < 4.78 is 10.6. The van der Waals surface area contributed by atoms with E-state index in [2.05, 4.69) is 13.8 Å². The molecule has 0 aliphatic rings. The lowest BCUT2D eigenvalue weighted by atomic mass is 9.97. The van der Waals surface area contributed by atoms with Crippen molar-refractivity contribution in [2.24, 2.45) is 5.73 Å². The molecule has 12 heavy (non-hydrogen) atoms. The standard InChI is InChI=1S/C9H21NO2/c1-4-9(5-2,8-10)12-7-6-11-3/h4-8,10H2,1-3H3. The quantitative estimate of drug-likeness (QED) is 0.591. The van der Waals surface area contributed by atoms with E-state index in [9.17, 15) is 0 Å². The zero-order chi connectivity index (χ0) is 9.45. The second-order valence-corrected chi connectivity index (χ2v) is 2.94. The van der Waals surface area contributed by atoms with E-state index in [-0.39, 0.29) is 5.60 Å². The van der Waals surface area contributed by atoms with Crippen molar-refractivity contribution in [3.8, 4) is 0 Å². The van der Waals surface area contributed by atoms with Crippen LogP contribution in [0.15, 0.2) is 0 Å². The molecule has 0 atom stereocenters. The van der Waals surface area contributed by atoms with Gasteiger partial charge in [0, 0.05) is 13.7 Å². The van der Waals surface area contributed by atoms with Crippen LogP contribution in [0.5, 0.6) is 0 Å². The number of hydrogen-bond donors (Lipinski definition) is 1. The van der Waals surface area contributed by atoms with E-state index in [1.165, 1.54) is 0 Å². The lowest BCUT2D eigenvalue weighted by molar-refractivity contribution is -0.0616. The van der Waals surface area contributed by atoms with Crippen molar-refractivity contribution in [2.45, 2.75) is 32.3 Å². The van der Waals surface area contributed by atoms with Gasteiger partial charge in [-0.05, 0) is 12.8 Å². The van der Waals surface area contributed by atoms with Gasteiger partial charge in [0.1, 0.15) is 0 Å². The van der Waals surface area contributed by atoms with Gasteiger partial charge in [-0.3, -0.25) is 0 Å². The predicted molar refractivity (Wildman–Crippen MR) is 50.2 cm³/mol. The number of methoxy groups -OCH3 is 1. The maximum atomic E-state index is 5.67. The van der Waals surface area contributed by atoms with Gasteiger partial charge >= 0.3 is 0 Å². The van der Waals surface area contributed by atoms with Crippen LogP contribution < -0.4 is 5.73 Å². The lowest BCUT2D eigenvalue weighted by Gasteiger charge is -2.30. The molecule has 74 valence electrons. The van der Waals surface area contributed by atoms with Crippen LogP contribution in [-0.4, -0.2) is 32.5 Å². The summed E-state index contributed by atoms with van der Waals surface area (Å²) in [6, 6.07) is 0. The van der Waals surface area contributed by atoms with E-state index in [0.29, 0.717) is 19.8 Å². The predicted octanol–water partition coefficient (Wildman–Crippen LogP) is 1.17. The van der Waals surface area contributed by atoms with Crippen LogP contribution in [0, 0.1) is 0 Å². The maximum Gasteiger partial charge on any atom is 0.0800 e. The SMILES string of the molecule is CCC(CC)(CN)OCCOC. The maximum absolute atomic E-state index is 5.67. The van der Waals surface area contributed by atoms with Crippen LogP contribution in [0.2, 0.25) is 0 Å². The van der Waals surface area contributed by atoms with Gasteiger partial charge in [0.25, 0.3) is 0 Å². The summed E-state index contributed by atoms with van der Waals surface area (Å²) in [5, 5.41) is 0. The zero-order valence-electron chi connectivity index (χ0n) is 8.43. The Morgan fingerprint density at radius 2 is 1.75 bits per heavy atom. The topological polar surface area (TPSA) is 44.5 Å². The van der Waals surface area contributed by atoms with Crippen LogP contribution in [0.4, 0.5) is 0 Å². The Kier molecular flexibility index (Phi) is 6.34. The number of rotatable bonds is 7. The summed E-state index contributed by atoms with van der Waals surface area (Å²) in [6.45, 7) is 6.06. The van der Waals surface area contributed by atoms with Crippen LogP contribution in [0.3, 0.4) is 0 Å². The fourth-order valence-corrected chi connectivity index (χ4v) is 1.14. The first-order chi connectivity index (χ1) is 5.74. The van der Waals surface area contributed by atoms with Gasteiger partial charge in [0.2, 0.25) is 0 Å². The molecule has 0 fully saturated rings. The molecule has 0 aliphatic carbocycles. The molecular formula is C9H21NO2. The molecule has 0 unspecified atom stereocenters.